The number of hydrogen-bond donors (Lipinski definition) is 0. The Morgan fingerprint density at radius 1 is 1.09 bits per heavy atom. The highest BCUT2D eigenvalue weighted by Crippen LogP contribution is 2.36. The second kappa shape index (κ2) is 5.66. The molecule has 1 aromatic rings. The van der Waals surface area contributed by atoms with Crippen molar-refractivity contribution in [2.75, 3.05) is 6.54 Å². The molecule has 0 spiro atoms. The second-order valence-corrected chi connectivity index (χ2v) is 7.79. The summed E-state index contributed by atoms with van der Waals surface area (Å²) < 4.78 is 12.2. The SMILES string of the molecule is C[C@@H]1CCCN1Cc1ccc(B2OC(C)(C)C(C)(C)O2)cc1. The summed E-state index contributed by atoms with van der Waals surface area (Å²) in [6, 6.07) is 9.44. The van der Waals surface area contributed by atoms with E-state index in [0.717, 1.165) is 12.0 Å². The van der Waals surface area contributed by atoms with Crippen molar-refractivity contribution >= 4 is 12.6 Å². The van der Waals surface area contributed by atoms with Gasteiger partial charge in [0.2, 0.25) is 0 Å². The van der Waals surface area contributed by atoms with Crippen LogP contribution in [0.25, 0.3) is 0 Å². The zero-order chi connectivity index (χ0) is 16.0. The fourth-order valence-electron chi connectivity index (χ4n) is 3.22. The first kappa shape index (κ1) is 16.0. The van der Waals surface area contributed by atoms with Crippen molar-refractivity contribution in [2.45, 2.75) is 71.2 Å². The monoisotopic (exact) mass is 301 g/mol. The molecule has 0 N–H and O–H groups in total. The molecule has 120 valence electrons. The van der Waals surface area contributed by atoms with Gasteiger partial charge >= 0.3 is 7.12 Å². The molecule has 2 fully saturated rings. The van der Waals surface area contributed by atoms with E-state index in [4.69, 9.17) is 9.31 Å². The molecule has 2 saturated heterocycles. The molecule has 0 radical (unpaired) electrons. The maximum absolute atomic E-state index is 6.11. The summed E-state index contributed by atoms with van der Waals surface area (Å²) in [5, 5.41) is 0. The van der Waals surface area contributed by atoms with E-state index in [1.807, 2.05) is 0 Å². The molecule has 2 heterocycles. The van der Waals surface area contributed by atoms with Gasteiger partial charge in [-0.3, -0.25) is 4.90 Å². The maximum Gasteiger partial charge on any atom is 0.494 e. The molecule has 0 saturated carbocycles. The molecule has 1 aromatic carbocycles. The number of benzene rings is 1. The third-order valence-electron chi connectivity index (χ3n) is 5.58. The van der Waals surface area contributed by atoms with Gasteiger partial charge in [0.15, 0.2) is 0 Å². The van der Waals surface area contributed by atoms with Gasteiger partial charge in [-0.2, -0.15) is 0 Å². The average molecular weight is 301 g/mol. The van der Waals surface area contributed by atoms with Crippen LogP contribution in [0.5, 0.6) is 0 Å². The molecule has 4 heteroatoms. The zero-order valence-electron chi connectivity index (χ0n) is 14.6. The van der Waals surface area contributed by atoms with E-state index in [1.165, 1.54) is 24.9 Å². The van der Waals surface area contributed by atoms with Crippen LogP contribution in [0.2, 0.25) is 0 Å². The highest BCUT2D eigenvalue weighted by molar-refractivity contribution is 6.62. The topological polar surface area (TPSA) is 21.7 Å². The van der Waals surface area contributed by atoms with Gasteiger partial charge in [-0.1, -0.05) is 24.3 Å². The van der Waals surface area contributed by atoms with Crippen LogP contribution in [0.3, 0.4) is 0 Å². The fourth-order valence-corrected chi connectivity index (χ4v) is 3.22. The summed E-state index contributed by atoms with van der Waals surface area (Å²) in [5.74, 6) is 0. The van der Waals surface area contributed by atoms with Crippen LogP contribution in [0, 0.1) is 0 Å². The van der Waals surface area contributed by atoms with E-state index in [0.29, 0.717) is 6.04 Å². The van der Waals surface area contributed by atoms with Crippen molar-refractivity contribution in [1.29, 1.82) is 0 Å². The van der Waals surface area contributed by atoms with Crippen LogP contribution in [0.4, 0.5) is 0 Å². The summed E-state index contributed by atoms with van der Waals surface area (Å²) in [6.45, 7) is 13.0. The normalized spacial score (nSPS) is 27.5. The molecule has 0 aromatic heterocycles. The standard InChI is InChI=1S/C18H28BNO2/c1-14-7-6-12-20(14)13-15-8-10-16(11-9-15)19-21-17(2,3)18(4,5)22-19/h8-11,14H,6-7,12-13H2,1-5H3/t14-/m1/s1. The smallest absolute Gasteiger partial charge is 0.399 e. The van der Waals surface area contributed by atoms with Gasteiger partial charge in [0.05, 0.1) is 11.2 Å². The van der Waals surface area contributed by atoms with Crippen molar-refractivity contribution in [3.8, 4) is 0 Å². The van der Waals surface area contributed by atoms with E-state index >= 15 is 0 Å². The maximum atomic E-state index is 6.11. The molecule has 0 bridgehead atoms. The number of hydrogen-bond acceptors (Lipinski definition) is 3. The van der Waals surface area contributed by atoms with Crippen LogP contribution >= 0.6 is 0 Å². The first-order chi connectivity index (χ1) is 10.3. The Labute approximate surface area is 135 Å². The van der Waals surface area contributed by atoms with Gasteiger partial charge in [0, 0.05) is 12.6 Å². The van der Waals surface area contributed by atoms with E-state index in [9.17, 15) is 0 Å². The van der Waals surface area contributed by atoms with Crippen molar-refractivity contribution in [3.63, 3.8) is 0 Å². The van der Waals surface area contributed by atoms with Gasteiger partial charge in [-0.05, 0) is 65.0 Å². The Morgan fingerprint density at radius 2 is 1.68 bits per heavy atom. The Kier molecular flexibility index (Phi) is 4.13. The Bertz CT molecular complexity index is 510. The first-order valence-electron chi connectivity index (χ1n) is 8.47. The summed E-state index contributed by atoms with van der Waals surface area (Å²) >= 11 is 0. The van der Waals surface area contributed by atoms with Crippen LogP contribution in [0.15, 0.2) is 24.3 Å². The van der Waals surface area contributed by atoms with Crippen molar-refractivity contribution in [2.24, 2.45) is 0 Å². The summed E-state index contributed by atoms with van der Waals surface area (Å²) in [7, 11) is -0.259. The third kappa shape index (κ3) is 2.97. The lowest BCUT2D eigenvalue weighted by Gasteiger charge is -2.32. The Balaban J connectivity index is 1.67. The molecule has 3 rings (SSSR count). The summed E-state index contributed by atoms with van der Waals surface area (Å²) in [4.78, 5) is 2.56. The fraction of sp³-hybridized carbons (Fsp3) is 0.667. The van der Waals surface area contributed by atoms with E-state index in [1.54, 1.807) is 0 Å². The van der Waals surface area contributed by atoms with Crippen LogP contribution < -0.4 is 5.46 Å². The summed E-state index contributed by atoms with van der Waals surface area (Å²) in [5.41, 5.74) is 1.92. The minimum atomic E-state index is -0.276. The predicted octanol–water partition coefficient (Wildman–Crippen LogP) is 2.97. The van der Waals surface area contributed by atoms with Gasteiger partial charge in [0.1, 0.15) is 0 Å². The molecular formula is C18H28BNO2. The summed E-state index contributed by atoms with van der Waals surface area (Å²) in [6.07, 6.45) is 2.65. The number of nitrogens with zero attached hydrogens (tertiary/aromatic N) is 1. The van der Waals surface area contributed by atoms with Gasteiger partial charge in [0.25, 0.3) is 0 Å². The van der Waals surface area contributed by atoms with Gasteiger partial charge in [-0.25, -0.2) is 0 Å². The van der Waals surface area contributed by atoms with Crippen LogP contribution in [0.1, 0.15) is 53.0 Å². The number of likely N-dealkylation sites (tertiary alicyclic amines) is 1. The van der Waals surface area contributed by atoms with Crippen molar-refractivity contribution < 1.29 is 9.31 Å². The molecule has 22 heavy (non-hydrogen) atoms. The quantitative estimate of drug-likeness (QED) is 0.801. The molecule has 2 aliphatic rings. The van der Waals surface area contributed by atoms with E-state index in [-0.39, 0.29) is 18.3 Å². The first-order valence-corrected chi connectivity index (χ1v) is 8.47. The molecule has 1 atom stereocenters. The molecule has 2 aliphatic heterocycles. The van der Waals surface area contributed by atoms with Crippen LogP contribution in [-0.4, -0.2) is 35.8 Å². The number of rotatable bonds is 3. The van der Waals surface area contributed by atoms with Crippen molar-refractivity contribution in [1.82, 2.24) is 4.90 Å². The molecule has 3 nitrogen and oxygen atoms in total. The van der Waals surface area contributed by atoms with E-state index < -0.39 is 0 Å². The van der Waals surface area contributed by atoms with E-state index in [2.05, 4.69) is 63.8 Å². The average Bonchev–Trinajstić information content (AvgIpc) is 2.92. The molecule has 0 unspecified atom stereocenters. The minimum absolute atomic E-state index is 0.259. The highest BCUT2D eigenvalue weighted by atomic mass is 16.7. The molecular weight excluding hydrogens is 273 g/mol. The lowest BCUT2D eigenvalue weighted by atomic mass is 9.79. The van der Waals surface area contributed by atoms with Gasteiger partial charge < -0.3 is 9.31 Å². The lowest BCUT2D eigenvalue weighted by Crippen LogP contribution is -2.41. The van der Waals surface area contributed by atoms with Gasteiger partial charge in [-0.15, -0.1) is 0 Å². The molecule has 0 aliphatic carbocycles. The predicted molar refractivity (Wildman–Crippen MR) is 91.3 cm³/mol. The largest absolute Gasteiger partial charge is 0.494 e. The van der Waals surface area contributed by atoms with Crippen molar-refractivity contribution in [3.05, 3.63) is 29.8 Å². The highest BCUT2D eigenvalue weighted by Gasteiger charge is 2.51. The second-order valence-electron chi connectivity index (χ2n) is 7.79. The Hall–Kier alpha value is -0.835. The Morgan fingerprint density at radius 3 is 2.18 bits per heavy atom. The zero-order valence-corrected chi connectivity index (χ0v) is 14.6. The minimum Gasteiger partial charge on any atom is -0.399 e. The third-order valence-corrected chi connectivity index (χ3v) is 5.58. The van der Waals surface area contributed by atoms with Crippen LogP contribution in [-0.2, 0) is 15.9 Å². The molecule has 0 amide bonds. The lowest BCUT2D eigenvalue weighted by molar-refractivity contribution is 0.00578.